The van der Waals surface area contributed by atoms with Crippen LogP contribution >= 0.6 is 0 Å². The summed E-state index contributed by atoms with van der Waals surface area (Å²) in [5, 5.41) is 5.51. The molecule has 0 fully saturated rings. The monoisotopic (exact) mass is 301 g/mol. The number of carbonyl (C=O) groups is 2. The highest BCUT2D eigenvalue weighted by Crippen LogP contribution is 1.99. The number of rotatable bonds is 13. The van der Waals surface area contributed by atoms with Gasteiger partial charge in [-0.2, -0.15) is 0 Å². The zero-order valence-corrected chi connectivity index (χ0v) is 13.2. The van der Waals surface area contributed by atoms with Crippen molar-refractivity contribution in [2.24, 2.45) is 11.5 Å². The van der Waals surface area contributed by atoms with E-state index in [1.165, 1.54) is 0 Å². The zero-order chi connectivity index (χ0) is 15.9. The van der Waals surface area contributed by atoms with E-state index in [4.69, 9.17) is 11.5 Å². The lowest BCUT2D eigenvalue weighted by molar-refractivity contribution is -0.121. The fraction of sp³-hybridized carbons (Fsp3) is 0.857. The first-order valence-electron chi connectivity index (χ1n) is 7.79. The molecule has 0 saturated heterocycles. The number of nitrogens with zero attached hydrogens (tertiary/aromatic N) is 1. The van der Waals surface area contributed by atoms with Gasteiger partial charge in [0.2, 0.25) is 11.8 Å². The number of carbonyl (C=O) groups excluding carboxylic acids is 2. The highest BCUT2D eigenvalue weighted by Gasteiger charge is 2.10. The van der Waals surface area contributed by atoms with E-state index in [-0.39, 0.29) is 11.8 Å². The van der Waals surface area contributed by atoms with Crippen LogP contribution in [0.5, 0.6) is 0 Å². The van der Waals surface area contributed by atoms with Crippen LogP contribution in [-0.2, 0) is 9.59 Å². The minimum atomic E-state index is 0.00883. The molecule has 7 heteroatoms. The van der Waals surface area contributed by atoms with Crippen molar-refractivity contribution in [3.63, 3.8) is 0 Å². The first-order chi connectivity index (χ1) is 10.1. The molecule has 0 saturated carbocycles. The summed E-state index contributed by atoms with van der Waals surface area (Å²) in [5.74, 6) is 0.0177. The van der Waals surface area contributed by atoms with Gasteiger partial charge in [0.15, 0.2) is 0 Å². The molecule has 0 heterocycles. The van der Waals surface area contributed by atoms with E-state index in [1.807, 2.05) is 0 Å². The molecule has 0 aliphatic heterocycles. The van der Waals surface area contributed by atoms with Crippen LogP contribution in [0.4, 0.5) is 0 Å². The predicted octanol–water partition coefficient (Wildman–Crippen LogP) is -0.981. The molecular weight excluding hydrogens is 270 g/mol. The molecule has 7 nitrogen and oxygen atoms in total. The summed E-state index contributed by atoms with van der Waals surface area (Å²) < 4.78 is 0. The van der Waals surface area contributed by atoms with Crippen molar-refractivity contribution in [2.75, 3.05) is 45.8 Å². The van der Waals surface area contributed by atoms with E-state index < -0.39 is 0 Å². The van der Waals surface area contributed by atoms with Crippen molar-refractivity contribution in [2.45, 2.75) is 32.6 Å². The number of nitrogens with two attached hydrogens (primary N) is 2. The van der Waals surface area contributed by atoms with Crippen LogP contribution in [0, 0.1) is 0 Å². The normalized spacial score (nSPS) is 10.7. The molecule has 0 aliphatic carbocycles. The number of hydrogen-bond donors (Lipinski definition) is 4. The Labute approximate surface area is 127 Å². The van der Waals surface area contributed by atoms with E-state index in [0.29, 0.717) is 52.1 Å². The van der Waals surface area contributed by atoms with Crippen molar-refractivity contribution in [1.82, 2.24) is 15.5 Å². The smallest absolute Gasteiger partial charge is 0.221 e. The van der Waals surface area contributed by atoms with Crippen molar-refractivity contribution in [3.8, 4) is 0 Å². The molecule has 0 aromatic rings. The first-order valence-corrected chi connectivity index (χ1v) is 7.79. The van der Waals surface area contributed by atoms with Gasteiger partial charge in [-0.05, 0) is 13.0 Å². The minimum Gasteiger partial charge on any atom is -0.355 e. The molecule has 2 amide bonds. The number of nitrogens with one attached hydrogen (secondary N) is 2. The van der Waals surface area contributed by atoms with E-state index >= 15 is 0 Å². The molecule has 0 bridgehead atoms. The fourth-order valence-electron chi connectivity index (χ4n) is 1.84. The van der Waals surface area contributed by atoms with Crippen LogP contribution in [-0.4, -0.2) is 62.5 Å². The Morgan fingerprint density at radius 2 is 1.38 bits per heavy atom. The van der Waals surface area contributed by atoms with Crippen molar-refractivity contribution < 1.29 is 9.59 Å². The third-order valence-electron chi connectivity index (χ3n) is 3.07. The van der Waals surface area contributed by atoms with Gasteiger partial charge in [0, 0.05) is 52.1 Å². The van der Waals surface area contributed by atoms with Crippen LogP contribution in [0.15, 0.2) is 0 Å². The molecule has 0 spiro atoms. The average molecular weight is 301 g/mol. The Morgan fingerprint density at radius 3 is 1.76 bits per heavy atom. The third kappa shape index (κ3) is 12.3. The Hall–Kier alpha value is -1.18. The second-order valence-electron chi connectivity index (χ2n) is 4.97. The molecule has 0 aliphatic rings. The minimum absolute atomic E-state index is 0.00883. The van der Waals surface area contributed by atoms with Crippen molar-refractivity contribution in [3.05, 3.63) is 0 Å². The average Bonchev–Trinajstić information content (AvgIpc) is 2.49. The van der Waals surface area contributed by atoms with Crippen molar-refractivity contribution in [1.29, 1.82) is 0 Å². The molecule has 6 N–H and O–H groups in total. The van der Waals surface area contributed by atoms with Crippen LogP contribution in [0.1, 0.15) is 32.6 Å². The lowest BCUT2D eigenvalue weighted by Crippen LogP contribution is -2.36. The van der Waals surface area contributed by atoms with Gasteiger partial charge in [0.25, 0.3) is 0 Å². The number of amides is 2. The van der Waals surface area contributed by atoms with E-state index in [0.717, 1.165) is 19.4 Å². The summed E-state index contributed by atoms with van der Waals surface area (Å²) in [7, 11) is 0. The summed E-state index contributed by atoms with van der Waals surface area (Å²) in [4.78, 5) is 25.3. The summed E-state index contributed by atoms with van der Waals surface area (Å²) in [5.41, 5.74) is 10.7. The maximum absolute atomic E-state index is 11.6. The second kappa shape index (κ2) is 13.8. The van der Waals surface area contributed by atoms with Crippen LogP contribution in [0.3, 0.4) is 0 Å². The predicted molar refractivity (Wildman–Crippen MR) is 84.7 cm³/mol. The summed E-state index contributed by atoms with van der Waals surface area (Å²) in [6.07, 6.45) is 3.03. The molecule has 0 rings (SSSR count). The molecule has 0 atom stereocenters. The van der Waals surface area contributed by atoms with Gasteiger partial charge in [-0.3, -0.25) is 9.59 Å². The molecule has 0 radical (unpaired) electrons. The van der Waals surface area contributed by atoms with Gasteiger partial charge in [0.1, 0.15) is 0 Å². The van der Waals surface area contributed by atoms with Gasteiger partial charge in [-0.25, -0.2) is 0 Å². The second-order valence-corrected chi connectivity index (χ2v) is 4.97. The SMILES string of the molecule is CCCCN(CCC(=O)NCCN)CCC(=O)NCCN. The van der Waals surface area contributed by atoms with E-state index in [1.54, 1.807) is 0 Å². The summed E-state index contributed by atoms with van der Waals surface area (Å²) in [6, 6.07) is 0. The fourth-order valence-corrected chi connectivity index (χ4v) is 1.84. The van der Waals surface area contributed by atoms with Crippen LogP contribution in [0.25, 0.3) is 0 Å². The highest BCUT2D eigenvalue weighted by atomic mass is 16.2. The maximum Gasteiger partial charge on any atom is 0.221 e. The van der Waals surface area contributed by atoms with Crippen LogP contribution in [0.2, 0.25) is 0 Å². The van der Waals surface area contributed by atoms with Gasteiger partial charge < -0.3 is 27.0 Å². The zero-order valence-electron chi connectivity index (χ0n) is 13.2. The number of unbranched alkanes of at least 4 members (excludes halogenated alkanes) is 1. The molecular formula is C14H31N5O2. The first kappa shape index (κ1) is 19.8. The standard InChI is InChI=1S/C14H31N5O2/c1-2-3-10-19(11-4-13(20)17-8-6-15)12-5-14(21)18-9-7-16/h2-12,15-16H2,1H3,(H,17,20)(H,18,21). The quantitative estimate of drug-likeness (QED) is 0.349. The molecule has 0 aromatic carbocycles. The number of hydrogen-bond acceptors (Lipinski definition) is 5. The highest BCUT2D eigenvalue weighted by molar-refractivity contribution is 5.76. The van der Waals surface area contributed by atoms with E-state index in [2.05, 4.69) is 22.5 Å². The Kier molecular flexibility index (Phi) is 13.0. The van der Waals surface area contributed by atoms with Crippen LogP contribution < -0.4 is 22.1 Å². The molecule has 0 aromatic heterocycles. The van der Waals surface area contributed by atoms with E-state index in [9.17, 15) is 9.59 Å². The topological polar surface area (TPSA) is 113 Å². The molecule has 124 valence electrons. The van der Waals surface area contributed by atoms with Gasteiger partial charge in [-0.15, -0.1) is 0 Å². The Balaban J connectivity index is 4.01. The lowest BCUT2D eigenvalue weighted by atomic mass is 10.2. The molecule has 0 unspecified atom stereocenters. The van der Waals surface area contributed by atoms with Gasteiger partial charge in [0.05, 0.1) is 0 Å². The lowest BCUT2D eigenvalue weighted by Gasteiger charge is -2.21. The Morgan fingerprint density at radius 1 is 0.905 bits per heavy atom. The van der Waals surface area contributed by atoms with Crippen molar-refractivity contribution >= 4 is 11.8 Å². The summed E-state index contributed by atoms with van der Waals surface area (Å²) in [6.45, 7) is 6.29. The maximum atomic E-state index is 11.6. The van der Waals surface area contributed by atoms with Gasteiger partial charge >= 0.3 is 0 Å². The molecule has 21 heavy (non-hydrogen) atoms. The third-order valence-corrected chi connectivity index (χ3v) is 3.07. The largest absolute Gasteiger partial charge is 0.355 e. The van der Waals surface area contributed by atoms with Gasteiger partial charge in [-0.1, -0.05) is 13.3 Å². The Bertz CT molecular complexity index is 263. The summed E-state index contributed by atoms with van der Waals surface area (Å²) >= 11 is 0.